The van der Waals surface area contributed by atoms with E-state index in [-0.39, 0.29) is 16.7 Å². The number of para-hydroxylation sites is 1. The second kappa shape index (κ2) is 9.45. The monoisotopic (exact) mass is 455 g/mol. The minimum atomic E-state index is -0.334. The summed E-state index contributed by atoms with van der Waals surface area (Å²) in [6, 6.07) is 14.8. The molecule has 1 aliphatic rings. The fourth-order valence-electron chi connectivity index (χ4n) is 3.87. The highest BCUT2D eigenvalue weighted by molar-refractivity contribution is 8.00. The van der Waals surface area contributed by atoms with Crippen molar-refractivity contribution in [3.05, 3.63) is 69.5 Å². The molecule has 31 heavy (non-hydrogen) atoms. The molecular formula is C24H26ClN3O2S. The van der Waals surface area contributed by atoms with Gasteiger partial charge in [0.15, 0.2) is 5.16 Å². The topological polar surface area (TPSA) is 55.2 Å². The Morgan fingerprint density at radius 2 is 1.84 bits per heavy atom. The Hall–Kier alpha value is -2.31. The molecule has 162 valence electrons. The number of halogens is 1. The van der Waals surface area contributed by atoms with Gasteiger partial charge in [-0.15, -0.1) is 0 Å². The van der Waals surface area contributed by atoms with Crippen molar-refractivity contribution in [3.8, 4) is 0 Å². The number of nitrogens with zero attached hydrogens (tertiary/aromatic N) is 3. The van der Waals surface area contributed by atoms with Gasteiger partial charge in [0.2, 0.25) is 5.91 Å². The molecule has 0 saturated carbocycles. The quantitative estimate of drug-likeness (QED) is 0.408. The molecule has 5 nitrogen and oxygen atoms in total. The summed E-state index contributed by atoms with van der Waals surface area (Å²) in [7, 11) is 0. The summed E-state index contributed by atoms with van der Waals surface area (Å²) in [4.78, 5) is 33.1. The Balaban J connectivity index is 1.68. The summed E-state index contributed by atoms with van der Waals surface area (Å²) in [5.74, 6) is 0.763. The first-order valence-corrected chi connectivity index (χ1v) is 11.9. The minimum absolute atomic E-state index is 0.101. The molecule has 7 heteroatoms. The molecule has 1 fully saturated rings. The molecule has 0 N–H and O–H groups in total. The number of piperidine rings is 1. The molecule has 4 rings (SSSR count). The molecule has 0 unspecified atom stereocenters. The molecule has 2 heterocycles. The van der Waals surface area contributed by atoms with Crippen molar-refractivity contribution in [2.45, 2.75) is 43.6 Å². The van der Waals surface area contributed by atoms with Gasteiger partial charge in [-0.05, 0) is 49.4 Å². The van der Waals surface area contributed by atoms with Crippen LogP contribution in [0.5, 0.6) is 0 Å². The molecule has 0 bridgehead atoms. The highest BCUT2D eigenvalue weighted by Gasteiger charge is 2.26. The molecule has 1 aromatic heterocycles. The van der Waals surface area contributed by atoms with Gasteiger partial charge in [0.1, 0.15) is 0 Å². The van der Waals surface area contributed by atoms with Gasteiger partial charge in [-0.3, -0.25) is 14.2 Å². The summed E-state index contributed by atoms with van der Waals surface area (Å²) >= 11 is 7.71. The van der Waals surface area contributed by atoms with Crippen LogP contribution in [0.1, 0.15) is 32.3 Å². The zero-order valence-electron chi connectivity index (χ0n) is 17.8. The Kier molecular flexibility index (Phi) is 6.68. The first-order valence-electron chi connectivity index (χ1n) is 10.6. The molecule has 1 atom stereocenters. The summed E-state index contributed by atoms with van der Waals surface area (Å²) in [6.45, 7) is 6.02. The lowest BCUT2D eigenvalue weighted by atomic mass is 9.99. The molecule has 0 radical (unpaired) electrons. The smallest absolute Gasteiger partial charge is 0.262 e. The molecule has 0 aliphatic carbocycles. The number of aromatic nitrogens is 2. The van der Waals surface area contributed by atoms with Crippen LogP contribution < -0.4 is 5.56 Å². The number of amides is 1. The zero-order valence-corrected chi connectivity index (χ0v) is 19.3. The fraction of sp³-hybridized carbons (Fsp3) is 0.375. The predicted octanol–water partition coefficient (Wildman–Crippen LogP) is 4.84. The maximum Gasteiger partial charge on any atom is 0.262 e. The summed E-state index contributed by atoms with van der Waals surface area (Å²) < 4.78 is 1.64. The second-order valence-corrected chi connectivity index (χ2v) is 9.88. The molecule has 2 aromatic carbocycles. The van der Waals surface area contributed by atoms with Crippen LogP contribution in [0.15, 0.2) is 58.5 Å². The number of hydrogen-bond acceptors (Lipinski definition) is 4. The van der Waals surface area contributed by atoms with E-state index in [0.29, 0.717) is 33.5 Å². The molecule has 1 aliphatic heterocycles. The zero-order chi connectivity index (χ0) is 22.0. The van der Waals surface area contributed by atoms with Crippen LogP contribution >= 0.6 is 23.4 Å². The van der Waals surface area contributed by atoms with E-state index in [2.05, 4.69) is 6.92 Å². The summed E-state index contributed by atoms with van der Waals surface area (Å²) in [6.07, 6.45) is 2.07. The van der Waals surface area contributed by atoms with E-state index in [1.165, 1.54) is 11.8 Å². The van der Waals surface area contributed by atoms with Gasteiger partial charge in [0.25, 0.3) is 5.56 Å². The highest BCUT2D eigenvalue weighted by atomic mass is 35.5. The van der Waals surface area contributed by atoms with Gasteiger partial charge in [-0.1, -0.05) is 60.6 Å². The number of fused-ring (bicyclic) bond motifs is 1. The van der Waals surface area contributed by atoms with Crippen molar-refractivity contribution in [3.63, 3.8) is 0 Å². The fourth-order valence-corrected chi connectivity index (χ4v) is 5.06. The number of rotatable bonds is 5. The van der Waals surface area contributed by atoms with E-state index in [1.807, 2.05) is 54.3 Å². The van der Waals surface area contributed by atoms with E-state index in [9.17, 15) is 9.59 Å². The van der Waals surface area contributed by atoms with Gasteiger partial charge in [-0.2, -0.15) is 0 Å². The predicted molar refractivity (Wildman–Crippen MR) is 127 cm³/mol. The van der Waals surface area contributed by atoms with Crippen LogP contribution in [0.3, 0.4) is 0 Å². The Morgan fingerprint density at radius 3 is 2.58 bits per heavy atom. The van der Waals surface area contributed by atoms with Crippen molar-refractivity contribution in [1.82, 2.24) is 14.5 Å². The van der Waals surface area contributed by atoms with Gasteiger partial charge in [0.05, 0.1) is 22.7 Å². The third-order valence-corrected chi connectivity index (χ3v) is 7.28. The molecular weight excluding hydrogens is 430 g/mol. The molecule has 3 aromatic rings. The standard InChI is InChI=1S/C24H26ClN3O2S/c1-16-11-13-27(14-12-16)22(29)17(2)31-24-26-21-10-6-4-8-19(21)23(30)28(24)15-18-7-3-5-9-20(18)25/h3-10,16-17H,11-15H2,1-2H3/t17-/m0/s1. The maximum atomic E-state index is 13.3. The number of hydrogen-bond donors (Lipinski definition) is 0. The van der Waals surface area contributed by atoms with Gasteiger partial charge in [-0.25, -0.2) is 4.98 Å². The Bertz CT molecular complexity index is 1160. The SMILES string of the molecule is CC1CCN(C(=O)[C@H](C)Sc2nc3ccccc3c(=O)n2Cc2ccccc2Cl)CC1. The van der Waals surface area contributed by atoms with Crippen LogP contribution in [0.2, 0.25) is 5.02 Å². The van der Waals surface area contributed by atoms with Crippen molar-refractivity contribution in [2.24, 2.45) is 5.92 Å². The van der Waals surface area contributed by atoms with Crippen LogP contribution in [0, 0.1) is 5.92 Å². The minimum Gasteiger partial charge on any atom is -0.342 e. The average Bonchev–Trinajstić information content (AvgIpc) is 2.77. The van der Waals surface area contributed by atoms with Crippen LogP contribution in [-0.4, -0.2) is 38.7 Å². The third kappa shape index (κ3) is 4.80. The first kappa shape index (κ1) is 21.9. The lowest BCUT2D eigenvalue weighted by Gasteiger charge is -2.32. The Morgan fingerprint density at radius 1 is 1.16 bits per heavy atom. The van der Waals surface area contributed by atoms with E-state index in [4.69, 9.17) is 16.6 Å². The van der Waals surface area contributed by atoms with Crippen molar-refractivity contribution >= 4 is 40.2 Å². The van der Waals surface area contributed by atoms with E-state index in [0.717, 1.165) is 31.5 Å². The highest BCUT2D eigenvalue weighted by Crippen LogP contribution is 2.27. The number of benzene rings is 2. The average molecular weight is 456 g/mol. The van der Waals surface area contributed by atoms with Crippen molar-refractivity contribution < 1.29 is 4.79 Å². The lowest BCUT2D eigenvalue weighted by Crippen LogP contribution is -2.42. The largest absolute Gasteiger partial charge is 0.342 e. The van der Waals surface area contributed by atoms with Crippen LogP contribution in [0.4, 0.5) is 0 Å². The molecule has 1 saturated heterocycles. The summed E-state index contributed by atoms with van der Waals surface area (Å²) in [5, 5.41) is 1.36. The normalized spacial score (nSPS) is 15.9. The maximum absolute atomic E-state index is 13.3. The van der Waals surface area contributed by atoms with Gasteiger partial charge in [0, 0.05) is 18.1 Å². The van der Waals surface area contributed by atoms with E-state index >= 15 is 0 Å². The molecule has 0 spiro atoms. The number of thioether (sulfide) groups is 1. The second-order valence-electron chi connectivity index (χ2n) is 8.16. The third-order valence-electron chi connectivity index (χ3n) is 5.84. The Labute approximate surface area is 191 Å². The molecule has 1 amide bonds. The van der Waals surface area contributed by atoms with E-state index < -0.39 is 0 Å². The number of likely N-dealkylation sites (tertiary alicyclic amines) is 1. The summed E-state index contributed by atoms with van der Waals surface area (Å²) in [5.41, 5.74) is 1.35. The van der Waals surface area contributed by atoms with Gasteiger partial charge >= 0.3 is 0 Å². The lowest BCUT2D eigenvalue weighted by molar-refractivity contribution is -0.131. The number of carbonyl (C=O) groups is 1. The van der Waals surface area contributed by atoms with Crippen molar-refractivity contribution in [1.29, 1.82) is 0 Å². The van der Waals surface area contributed by atoms with Crippen LogP contribution in [-0.2, 0) is 11.3 Å². The first-order chi connectivity index (χ1) is 14.9. The van der Waals surface area contributed by atoms with Crippen LogP contribution in [0.25, 0.3) is 10.9 Å². The van der Waals surface area contributed by atoms with E-state index in [1.54, 1.807) is 10.6 Å². The number of carbonyl (C=O) groups excluding carboxylic acids is 1. The van der Waals surface area contributed by atoms with Crippen molar-refractivity contribution in [2.75, 3.05) is 13.1 Å². The van der Waals surface area contributed by atoms with Gasteiger partial charge < -0.3 is 4.90 Å².